The van der Waals surface area contributed by atoms with Crippen LogP contribution in [0.2, 0.25) is 0 Å². The van der Waals surface area contributed by atoms with Crippen LogP contribution < -0.4 is 4.90 Å². The van der Waals surface area contributed by atoms with Crippen molar-refractivity contribution in [2.45, 2.75) is 25.4 Å². The third-order valence-corrected chi connectivity index (χ3v) is 4.12. The van der Waals surface area contributed by atoms with E-state index in [0.717, 1.165) is 32.0 Å². The van der Waals surface area contributed by atoms with Crippen molar-refractivity contribution in [3.8, 4) is 0 Å². The number of anilines is 1. The third-order valence-electron chi connectivity index (χ3n) is 4.12. The van der Waals surface area contributed by atoms with E-state index in [1.807, 2.05) is 4.90 Å². The van der Waals surface area contributed by atoms with Crippen LogP contribution in [0.5, 0.6) is 0 Å². The van der Waals surface area contributed by atoms with E-state index in [4.69, 9.17) is 0 Å². The van der Waals surface area contributed by atoms with E-state index in [0.29, 0.717) is 11.8 Å². The number of nitrogens with zero attached hydrogens (tertiary/aromatic N) is 2. The minimum Gasteiger partial charge on any atom is -0.356 e. The molecule has 0 spiro atoms. The third kappa shape index (κ3) is 1.95. The first-order valence-electron chi connectivity index (χ1n) is 6.33. The summed E-state index contributed by atoms with van der Waals surface area (Å²) < 4.78 is 38.8. The van der Waals surface area contributed by atoms with Gasteiger partial charge in [0, 0.05) is 19.3 Å². The van der Waals surface area contributed by atoms with E-state index >= 15 is 0 Å². The molecule has 1 aliphatic heterocycles. The summed E-state index contributed by atoms with van der Waals surface area (Å²) in [7, 11) is 0. The maximum Gasteiger partial charge on any atom is 0.419 e. The van der Waals surface area contributed by atoms with Gasteiger partial charge < -0.3 is 4.90 Å². The average Bonchev–Trinajstić information content (AvgIpc) is 2.87. The molecular weight excluding hydrogens is 241 g/mol. The molecule has 3 rings (SSSR count). The number of hydrogen-bond acceptors (Lipinski definition) is 2. The Morgan fingerprint density at radius 1 is 1.17 bits per heavy atom. The molecule has 18 heavy (non-hydrogen) atoms. The largest absolute Gasteiger partial charge is 0.419 e. The Kier molecular flexibility index (Phi) is 2.72. The molecule has 1 saturated carbocycles. The summed E-state index contributed by atoms with van der Waals surface area (Å²) >= 11 is 0. The molecule has 0 N–H and O–H groups in total. The normalized spacial score (nSPS) is 27.6. The zero-order valence-corrected chi connectivity index (χ0v) is 9.95. The predicted octanol–water partition coefficient (Wildman–Crippen LogP) is 3.34. The highest BCUT2D eigenvalue weighted by molar-refractivity contribution is 5.49. The molecule has 0 bridgehead atoms. The fourth-order valence-electron chi connectivity index (χ4n) is 3.28. The molecule has 0 radical (unpaired) electrons. The van der Waals surface area contributed by atoms with Gasteiger partial charge in [0.25, 0.3) is 0 Å². The van der Waals surface area contributed by atoms with Gasteiger partial charge in [0.1, 0.15) is 5.82 Å². The summed E-state index contributed by atoms with van der Waals surface area (Å²) in [4.78, 5) is 5.78. The summed E-state index contributed by atoms with van der Waals surface area (Å²) in [5.74, 6) is 1.24. The van der Waals surface area contributed by atoms with Gasteiger partial charge in [-0.05, 0) is 36.8 Å². The first-order chi connectivity index (χ1) is 8.55. The fourth-order valence-corrected chi connectivity index (χ4v) is 3.28. The average molecular weight is 256 g/mol. The Hall–Kier alpha value is -1.26. The number of pyridine rings is 1. The second-order valence-electron chi connectivity index (χ2n) is 5.23. The second kappa shape index (κ2) is 4.14. The number of hydrogen-bond donors (Lipinski definition) is 0. The van der Waals surface area contributed by atoms with Gasteiger partial charge >= 0.3 is 6.18 Å². The Bertz CT molecular complexity index is 432. The Balaban J connectivity index is 1.89. The van der Waals surface area contributed by atoms with Gasteiger partial charge in [-0.1, -0.05) is 6.42 Å². The van der Waals surface area contributed by atoms with Crippen molar-refractivity contribution >= 4 is 5.82 Å². The molecule has 0 aromatic carbocycles. The maximum absolute atomic E-state index is 12.9. The predicted molar refractivity (Wildman–Crippen MR) is 62.3 cm³/mol. The summed E-state index contributed by atoms with van der Waals surface area (Å²) in [6, 6.07) is 2.47. The number of aromatic nitrogens is 1. The van der Waals surface area contributed by atoms with Gasteiger partial charge in [0.2, 0.25) is 0 Å². The molecular formula is C13H15F3N2. The van der Waals surface area contributed by atoms with Crippen LogP contribution in [0, 0.1) is 11.8 Å². The second-order valence-corrected chi connectivity index (χ2v) is 5.23. The molecule has 1 aliphatic carbocycles. The van der Waals surface area contributed by atoms with Crippen LogP contribution in [0.25, 0.3) is 0 Å². The van der Waals surface area contributed by atoms with Crippen LogP contribution in [0.15, 0.2) is 18.3 Å². The van der Waals surface area contributed by atoms with Crippen molar-refractivity contribution < 1.29 is 13.2 Å². The highest BCUT2D eigenvalue weighted by Crippen LogP contribution is 2.42. The van der Waals surface area contributed by atoms with Crippen LogP contribution in [0.4, 0.5) is 19.0 Å². The van der Waals surface area contributed by atoms with Crippen molar-refractivity contribution in [2.24, 2.45) is 11.8 Å². The molecule has 2 fully saturated rings. The monoisotopic (exact) mass is 256 g/mol. The minimum absolute atomic E-state index is 0.111. The van der Waals surface area contributed by atoms with Crippen molar-refractivity contribution in [2.75, 3.05) is 18.0 Å². The van der Waals surface area contributed by atoms with E-state index in [1.54, 1.807) is 0 Å². The van der Waals surface area contributed by atoms with Crippen LogP contribution in [-0.2, 0) is 6.18 Å². The summed E-state index contributed by atoms with van der Waals surface area (Å²) in [5.41, 5.74) is -0.607. The van der Waals surface area contributed by atoms with Gasteiger partial charge in [-0.2, -0.15) is 13.2 Å². The van der Waals surface area contributed by atoms with E-state index in [-0.39, 0.29) is 5.82 Å². The van der Waals surface area contributed by atoms with Crippen LogP contribution in [0.1, 0.15) is 24.8 Å². The Morgan fingerprint density at radius 3 is 2.44 bits per heavy atom. The van der Waals surface area contributed by atoms with Crippen molar-refractivity contribution in [1.29, 1.82) is 0 Å². The molecule has 98 valence electrons. The summed E-state index contributed by atoms with van der Waals surface area (Å²) in [5, 5.41) is 0. The molecule has 1 unspecified atom stereocenters. The standard InChI is InChI=1S/C13H15F3N2/c14-13(15,16)11-5-2-6-17-12(11)18-7-9-3-1-4-10(9)8-18/h2,5-6,9-10H,1,3-4,7-8H2/t9-,10?/m1/s1. The lowest BCUT2D eigenvalue weighted by Crippen LogP contribution is -2.25. The molecule has 2 atom stereocenters. The van der Waals surface area contributed by atoms with E-state index in [1.165, 1.54) is 18.7 Å². The molecule has 1 saturated heterocycles. The first kappa shape index (κ1) is 11.8. The zero-order valence-electron chi connectivity index (χ0n) is 9.95. The highest BCUT2D eigenvalue weighted by atomic mass is 19.4. The van der Waals surface area contributed by atoms with Crippen molar-refractivity contribution in [1.82, 2.24) is 4.98 Å². The number of halogens is 3. The molecule has 5 heteroatoms. The van der Waals surface area contributed by atoms with Crippen LogP contribution in [-0.4, -0.2) is 18.1 Å². The van der Waals surface area contributed by atoms with Gasteiger partial charge in [0.05, 0.1) is 5.56 Å². The summed E-state index contributed by atoms with van der Waals surface area (Å²) in [6.07, 6.45) is 0.641. The number of rotatable bonds is 1. The van der Waals surface area contributed by atoms with Crippen LogP contribution >= 0.6 is 0 Å². The fraction of sp³-hybridized carbons (Fsp3) is 0.615. The highest BCUT2D eigenvalue weighted by Gasteiger charge is 2.41. The van der Waals surface area contributed by atoms with Gasteiger partial charge in [-0.15, -0.1) is 0 Å². The SMILES string of the molecule is FC(F)(F)c1cccnc1N1CC2CCC[C@@H]2C1. The topological polar surface area (TPSA) is 16.1 Å². The molecule has 1 aromatic heterocycles. The molecule has 0 amide bonds. The van der Waals surface area contributed by atoms with Crippen LogP contribution in [0.3, 0.4) is 0 Å². The number of alkyl halides is 3. The molecule has 2 aliphatic rings. The lowest BCUT2D eigenvalue weighted by molar-refractivity contribution is -0.137. The van der Waals surface area contributed by atoms with E-state index in [2.05, 4.69) is 4.98 Å². The van der Waals surface area contributed by atoms with E-state index < -0.39 is 11.7 Å². The quantitative estimate of drug-likeness (QED) is 0.766. The lowest BCUT2D eigenvalue weighted by atomic mass is 10.0. The van der Waals surface area contributed by atoms with Crippen molar-refractivity contribution in [3.05, 3.63) is 23.9 Å². The maximum atomic E-state index is 12.9. The number of fused-ring (bicyclic) bond motifs is 1. The Morgan fingerprint density at radius 2 is 1.83 bits per heavy atom. The van der Waals surface area contributed by atoms with E-state index in [9.17, 15) is 13.2 Å². The summed E-state index contributed by atoms with van der Waals surface area (Å²) in [6.45, 7) is 1.45. The first-order valence-corrected chi connectivity index (χ1v) is 6.33. The van der Waals surface area contributed by atoms with Gasteiger partial charge in [-0.25, -0.2) is 4.98 Å². The van der Waals surface area contributed by atoms with Gasteiger partial charge in [-0.3, -0.25) is 0 Å². The lowest BCUT2D eigenvalue weighted by Gasteiger charge is -2.22. The molecule has 2 heterocycles. The molecule has 2 nitrogen and oxygen atoms in total. The molecule has 1 aromatic rings. The Labute approximate surface area is 104 Å². The zero-order chi connectivity index (χ0) is 12.8. The van der Waals surface area contributed by atoms with Crippen molar-refractivity contribution in [3.63, 3.8) is 0 Å². The van der Waals surface area contributed by atoms with Gasteiger partial charge in [0.15, 0.2) is 0 Å². The smallest absolute Gasteiger partial charge is 0.356 e. The minimum atomic E-state index is -4.32.